The van der Waals surface area contributed by atoms with E-state index in [0.717, 1.165) is 10.3 Å². The van der Waals surface area contributed by atoms with Crippen molar-refractivity contribution in [2.45, 2.75) is 6.92 Å². The van der Waals surface area contributed by atoms with Crippen molar-refractivity contribution in [2.24, 2.45) is 0 Å². The lowest BCUT2D eigenvalue weighted by Gasteiger charge is -1.98. The number of benzene rings is 1. The maximum atomic E-state index is 12.1. The standard InChI is InChI=1S/C15H10N2O2S/c1-9-7-17-8-12(16-15(17)20-9)11-6-10-4-2-3-5-13(10)19-14(11)18/h2-8H,1H3. The van der Waals surface area contributed by atoms with Gasteiger partial charge in [0.25, 0.3) is 0 Å². The SMILES string of the molecule is Cc1cn2cc(-c3cc4ccccc4oc3=O)nc2s1. The van der Waals surface area contributed by atoms with Gasteiger partial charge in [0, 0.05) is 22.7 Å². The van der Waals surface area contributed by atoms with Gasteiger partial charge in [-0.1, -0.05) is 18.2 Å². The van der Waals surface area contributed by atoms with E-state index >= 15 is 0 Å². The van der Waals surface area contributed by atoms with Crippen molar-refractivity contribution in [1.29, 1.82) is 0 Å². The molecule has 3 heterocycles. The molecular formula is C15H10N2O2S. The Labute approximate surface area is 117 Å². The third-order valence-corrected chi connectivity index (χ3v) is 4.10. The Kier molecular flexibility index (Phi) is 2.31. The maximum Gasteiger partial charge on any atom is 0.345 e. The molecule has 0 spiro atoms. The van der Waals surface area contributed by atoms with Crippen molar-refractivity contribution in [3.8, 4) is 11.3 Å². The van der Waals surface area contributed by atoms with Crippen molar-refractivity contribution in [3.05, 3.63) is 58.0 Å². The van der Waals surface area contributed by atoms with Crippen molar-refractivity contribution < 1.29 is 4.42 Å². The third-order valence-electron chi connectivity index (χ3n) is 3.19. The molecule has 4 nitrogen and oxygen atoms in total. The topological polar surface area (TPSA) is 47.5 Å². The molecule has 0 atom stereocenters. The predicted molar refractivity (Wildman–Crippen MR) is 79.3 cm³/mol. The molecule has 0 radical (unpaired) electrons. The molecule has 0 fully saturated rings. The normalized spacial score (nSPS) is 11.4. The zero-order chi connectivity index (χ0) is 13.7. The summed E-state index contributed by atoms with van der Waals surface area (Å²) in [4.78, 5) is 18.6. The molecule has 0 bridgehead atoms. The van der Waals surface area contributed by atoms with E-state index in [0.29, 0.717) is 16.8 Å². The summed E-state index contributed by atoms with van der Waals surface area (Å²) in [6.07, 6.45) is 3.86. The number of hydrogen-bond acceptors (Lipinski definition) is 4. The fourth-order valence-corrected chi connectivity index (χ4v) is 3.09. The molecule has 98 valence electrons. The number of thiazole rings is 1. The number of aromatic nitrogens is 2. The van der Waals surface area contributed by atoms with E-state index in [1.807, 2.05) is 48.0 Å². The van der Waals surface area contributed by atoms with Crippen LogP contribution in [-0.2, 0) is 0 Å². The number of rotatable bonds is 1. The smallest absolute Gasteiger partial charge is 0.345 e. The van der Waals surface area contributed by atoms with Gasteiger partial charge in [-0.2, -0.15) is 0 Å². The van der Waals surface area contributed by atoms with Gasteiger partial charge in [0.05, 0.1) is 11.3 Å². The molecule has 0 saturated carbocycles. The maximum absolute atomic E-state index is 12.1. The number of para-hydroxylation sites is 1. The van der Waals surface area contributed by atoms with Crippen LogP contribution in [0.4, 0.5) is 0 Å². The van der Waals surface area contributed by atoms with Gasteiger partial charge in [-0.25, -0.2) is 9.78 Å². The van der Waals surface area contributed by atoms with E-state index in [1.165, 1.54) is 4.88 Å². The van der Waals surface area contributed by atoms with Gasteiger partial charge in [0.1, 0.15) is 5.58 Å². The highest BCUT2D eigenvalue weighted by atomic mass is 32.1. The quantitative estimate of drug-likeness (QED) is 0.502. The number of aryl methyl sites for hydroxylation is 1. The summed E-state index contributed by atoms with van der Waals surface area (Å²) >= 11 is 1.60. The number of imidazole rings is 1. The monoisotopic (exact) mass is 282 g/mol. The highest BCUT2D eigenvalue weighted by Gasteiger charge is 2.12. The Morgan fingerprint density at radius 1 is 1.25 bits per heavy atom. The minimum Gasteiger partial charge on any atom is -0.422 e. The molecular weight excluding hydrogens is 272 g/mol. The van der Waals surface area contributed by atoms with Crippen LogP contribution in [0.25, 0.3) is 27.2 Å². The van der Waals surface area contributed by atoms with Gasteiger partial charge in [0.15, 0.2) is 4.96 Å². The molecule has 0 unspecified atom stereocenters. The van der Waals surface area contributed by atoms with Crippen LogP contribution in [0.2, 0.25) is 0 Å². The average molecular weight is 282 g/mol. The highest BCUT2D eigenvalue weighted by Crippen LogP contribution is 2.23. The van der Waals surface area contributed by atoms with Crippen molar-refractivity contribution in [3.63, 3.8) is 0 Å². The van der Waals surface area contributed by atoms with Crippen LogP contribution >= 0.6 is 11.3 Å². The molecule has 20 heavy (non-hydrogen) atoms. The zero-order valence-electron chi connectivity index (χ0n) is 10.7. The molecule has 0 amide bonds. The molecule has 0 aliphatic carbocycles. The average Bonchev–Trinajstić information content (AvgIpc) is 2.95. The Morgan fingerprint density at radius 3 is 2.95 bits per heavy atom. The summed E-state index contributed by atoms with van der Waals surface area (Å²) in [6, 6.07) is 9.31. The fraction of sp³-hybridized carbons (Fsp3) is 0.0667. The fourth-order valence-electron chi connectivity index (χ4n) is 2.28. The first-order chi connectivity index (χ1) is 9.70. The van der Waals surface area contributed by atoms with Gasteiger partial charge >= 0.3 is 5.63 Å². The van der Waals surface area contributed by atoms with Crippen LogP contribution in [0.15, 0.2) is 51.9 Å². The summed E-state index contributed by atoms with van der Waals surface area (Å²) < 4.78 is 7.28. The van der Waals surface area contributed by atoms with Crippen LogP contribution in [0, 0.1) is 6.92 Å². The first-order valence-corrected chi connectivity index (χ1v) is 7.01. The van der Waals surface area contributed by atoms with Crippen LogP contribution in [0.3, 0.4) is 0 Å². The Hall–Kier alpha value is -2.40. The van der Waals surface area contributed by atoms with Crippen molar-refractivity contribution in [2.75, 3.05) is 0 Å². The minimum atomic E-state index is -0.355. The lowest BCUT2D eigenvalue weighted by Crippen LogP contribution is -2.02. The number of nitrogens with zero attached hydrogens (tertiary/aromatic N) is 2. The molecule has 4 rings (SSSR count). The lowest BCUT2D eigenvalue weighted by atomic mass is 10.1. The van der Waals surface area contributed by atoms with Gasteiger partial charge in [-0.3, -0.25) is 4.40 Å². The minimum absolute atomic E-state index is 0.355. The Balaban J connectivity index is 1.98. The molecule has 0 aliphatic heterocycles. The van der Waals surface area contributed by atoms with Crippen molar-refractivity contribution in [1.82, 2.24) is 9.38 Å². The molecule has 0 aliphatic rings. The highest BCUT2D eigenvalue weighted by molar-refractivity contribution is 7.17. The first-order valence-electron chi connectivity index (χ1n) is 6.19. The number of fused-ring (bicyclic) bond motifs is 2. The van der Waals surface area contributed by atoms with Gasteiger partial charge in [0.2, 0.25) is 0 Å². The second kappa shape index (κ2) is 4.05. The van der Waals surface area contributed by atoms with Crippen LogP contribution in [-0.4, -0.2) is 9.38 Å². The predicted octanol–water partition coefficient (Wildman–Crippen LogP) is 3.48. The van der Waals surface area contributed by atoms with Crippen LogP contribution in [0.5, 0.6) is 0 Å². The second-order valence-electron chi connectivity index (χ2n) is 4.64. The van der Waals surface area contributed by atoms with Gasteiger partial charge in [-0.05, 0) is 19.1 Å². The summed E-state index contributed by atoms with van der Waals surface area (Å²) in [7, 11) is 0. The summed E-state index contributed by atoms with van der Waals surface area (Å²) in [5, 5.41) is 0.898. The van der Waals surface area contributed by atoms with Crippen LogP contribution in [0.1, 0.15) is 4.88 Å². The molecule has 1 aromatic carbocycles. The van der Waals surface area contributed by atoms with Gasteiger partial charge < -0.3 is 4.42 Å². The number of hydrogen-bond donors (Lipinski definition) is 0. The molecule has 0 saturated heterocycles. The van der Waals surface area contributed by atoms with E-state index in [9.17, 15) is 4.79 Å². The lowest BCUT2D eigenvalue weighted by molar-refractivity contribution is 0.563. The molecule has 0 N–H and O–H groups in total. The van der Waals surface area contributed by atoms with Crippen LogP contribution < -0.4 is 5.63 Å². The van der Waals surface area contributed by atoms with Gasteiger partial charge in [-0.15, -0.1) is 11.3 Å². The Bertz CT molecular complexity index is 962. The second-order valence-corrected chi connectivity index (χ2v) is 5.86. The first kappa shape index (κ1) is 11.4. The van der Waals surface area contributed by atoms with E-state index in [-0.39, 0.29) is 5.63 Å². The van der Waals surface area contributed by atoms with E-state index in [2.05, 4.69) is 4.98 Å². The van der Waals surface area contributed by atoms with E-state index < -0.39 is 0 Å². The Morgan fingerprint density at radius 2 is 2.10 bits per heavy atom. The zero-order valence-corrected chi connectivity index (χ0v) is 11.5. The summed E-state index contributed by atoms with van der Waals surface area (Å²) in [5.74, 6) is 0. The van der Waals surface area contributed by atoms with E-state index in [4.69, 9.17) is 4.42 Å². The molecule has 4 aromatic rings. The largest absolute Gasteiger partial charge is 0.422 e. The third kappa shape index (κ3) is 1.67. The summed E-state index contributed by atoms with van der Waals surface area (Å²) in [6.45, 7) is 2.03. The van der Waals surface area contributed by atoms with E-state index in [1.54, 1.807) is 17.4 Å². The summed E-state index contributed by atoms with van der Waals surface area (Å²) in [5.41, 5.74) is 1.39. The molecule has 5 heteroatoms. The van der Waals surface area contributed by atoms with Crippen molar-refractivity contribution >= 4 is 27.3 Å². The molecule has 3 aromatic heterocycles.